The molecule has 0 aliphatic rings. The predicted octanol–water partition coefficient (Wildman–Crippen LogP) is 2.12. The van der Waals surface area contributed by atoms with E-state index in [0.717, 1.165) is 12.3 Å². The van der Waals surface area contributed by atoms with Gasteiger partial charge in [0.15, 0.2) is 11.5 Å². The highest BCUT2D eigenvalue weighted by Crippen LogP contribution is 2.33. The van der Waals surface area contributed by atoms with Crippen LogP contribution in [0.5, 0.6) is 0 Å². The van der Waals surface area contributed by atoms with Crippen molar-refractivity contribution in [1.29, 1.82) is 0 Å². The number of hydrogen-bond donors (Lipinski definition) is 1. The van der Waals surface area contributed by atoms with E-state index in [-0.39, 0.29) is 4.68 Å². The molecule has 1 N–H and O–H groups in total. The first-order valence-electron chi connectivity index (χ1n) is 4.81. The Bertz CT molecular complexity index is 636. The smallest absolute Gasteiger partial charge is 0.434 e. The van der Waals surface area contributed by atoms with Crippen molar-refractivity contribution in [3.8, 4) is 5.82 Å². The molecule has 0 aromatic carbocycles. The summed E-state index contributed by atoms with van der Waals surface area (Å²) in [6, 6.07) is 1.66. The van der Waals surface area contributed by atoms with E-state index in [9.17, 15) is 22.4 Å². The molecule has 5 nitrogen and oxygen atoms in total. The zero-order valence-electron chi connectivity index (χ0n) is 9.02. The van der Waals surface area contributed by atoms with Crippen LogP contribution in [0.4, 0.5) is 17.6 Å². The van der Waals surface area contributed by atoms with E-state index in [1.54, 1.807) is 0 Å². The van der Waals surface area contributed by atoms with Gasteiger partial charge < -0.3 is 5.11 Å². The van der Waals surface area contributed by atoms with Crippen molar-refractivity contribution in [2.75, 3.05) is 0 Å². The Hall–Kier alpha value is -2.45. The summed E-state index contributed by atoms with van der Waals surface area (Å²) < 4.78 is 51.7. The molecule has 9 heteroatoms. The Kier molecular flexibility index (Phi) is 2.97. The molecule has 0 saturated carbocycles. The number of carbonyl (C=O) groups is 1. The number of carboxylic acids is 1. The molecule has 0 aliphatic heterocycles. The lowest BCUT2D eigenvalue weighted by Crippen LogP contribution is -2.18. The fourth-order valence-electron chi connectivity index (χ4n) is 1.46. The summed E-state index contributed by atoms with van der Waals surface area (Å²) in [6.45, 7) is 0. The molecule has 2 aromatic rings. The van der Waals surface area contributed by atoms with Crippen LogP contribution in [0.1, 0.15) is 16.1 Å². The van der Waals surface area contributed by atoms with Crippen LogP contribution in [0, 0.1) is 5.82 Å². The maximum absolute atomic E-state index is 13.0. The molecule has 0 amide bonds. The Labute approximate surface area is 103 Å². The minimum atomic E-state index is -4.96. The fraction of sp³-hybridized carbons (Fsp3) is 0.100. The van der Waals surface area contributed by atoms with Crippen molar-refractivity contribution in [2.24, 2.45) is 0 Å². The van der Waals surface area contributed by atoms with Gasteiger partial charge in [-0.1, -0.05) is 0 Å². The van der Waals surface area contributed by atoms with E-state index < -0.39 is 35.0 Å². The van der Waals surface area contributed by atoms with Gasteiger partial charge in [-0.15, -0.1) is 0 Å². The first-order valence-corrected chi connectivity index (χ1v) is 4.81. The third kappa shape index (κ3) is 2.39. The van der Waals surface area contributed by atoms with Crippen LogP contribution in [-0.2, 0) is 6.18 Å². The highest BCUT2D eigenvalue weighted by Gasteiger charge is 2.40. The molecule has 19 heavy (non-hydrogen) atoms. The Morgan fingerprint density at radius 1 is 1.37 bits per heavy atom. The van der Waals surface area contributed by atoms with Gasteiger partial charge in [-0.05, 0) is 6.07 Å². The molecule has 0 spiro atoms. The molecule has 0 atom stereocenters. The van der Waals surface area contributed by atoms with E-state index in [2.05, 4.69) is 10.1 Å². The normalized spacial score (nSPS) is 11.6. The van der Waals surface area contributed by atoms with Crippen molar-refractivity contribution >= 4 is 5.97 Å². The Morgan fingerprint density at radius 3 is 2.58 bits per heavy atom. The number of aromatic carboxylic acids is 1. The van der Waals surface area contributed by atoms with Crippen molar-refractivity contribution in [2.45, 2.75) is 6.18 Å². The van der Waals surface area contributed by atoms with Crippen LogP contribution in [0.3, 0.4) is 0 Å². The summed E-state index contributed by atoms with van der Waals surface area (Å²) in [5.41, 5.74) is -2.54. The fourth-order valence-corrected chi connectivity index (χ4v) is 1.46. The van der Waals surface area contributed by atoms with Crippen LogP contribution in [0.2, 0.25) is 0 Å². The molecular formula is C10H5F4N3O2. The monoisotopic (exact) mass is 275 g/mol. The summed E-state index contributed by atoms with van der Waals surface area (Å²) in [4.78, 5) is 14.3. The average molecular weight is 275 g/mol. The molecule has 2 aromatic heterocycles. The number of carboxylic acid groups (broad SMARTS) is 1. The van der Waals surface area contributed by atoms with Crippen LogP contribution >= 0.6 is 0 Å². The number of halogens is 4. The number of alkyl halides is 3. The van der Waals surface area contributed by atoms with Gasteiger partial charge in [0.05, 0.1) is 6.20 Å². The van der Waals surface area contributed by atoms with Gasteiger partial charge in [-0.2, -0.15) is 18.3 Å². The second kappa shape index (κ2) is 4.34. The summed E-state index contributed by atoms with van der Waals surface area (Å²) in [5, 5.41) is 12.0. The second-order valence-corrected chi connectivity index (χ2v) is 3.45. The van der Waals surface area contributed by atoms with Gasteiger partial charge in [0, 0.05) is 12.3 Å². The molecule has 2 heterocycles. The topological polar surface area (TPSA) is 68.0 Å². The largest absolute Gasteiger partial charge is 0.478 e. The average Bonchev–Trinajstić information content (AvgIpc) is 2.73. The molecule has 0 aliphatic carbocycles. The number of hydrogen-bond acceptors (Lipinski definition) is 3. The molecule has 0 radical (unpaired) electrons. The Morgan fingerprint density at radius 2 is 2.05 bits per heavy atom. The SMILES string of the molecule is O=C(O)c1cnn(-c2cc(F)ccn2)c1C(F)(F)F. The molecule has 0 fully saturated rings. The first-order chi connectivity index (χ1) is 8.80. The van der Waals surface area contributed by atoms with Crippen LogP contribution in [0.15, 0.2) is 24.5 Å². The number of aromatic nitrogens is 3. The van der Waals surface area contributed by atoms with E-state index in [1.807, 2.05) is 0 Å². The highest BCUT2D eigenvalue weighted by molar-refractivity contribution is 5.89. The quantitative estimate of drug-likeness (QED) is 0.852. The third-order valence-corrected chi connectivity index (χ3v) is 2.19. The Balaban J connectivity index is 2.68. The minimum Gasteiger partial charge on any atom is -0.478 e. The molecule has 0 bridgehead atoms. The van der Waals surface area contributed by atoms with Gasteiger partial charge in [0.1, 0.15) is 11.4 Å². The van der Waals surface area contributed by atoms with Gasteiger partial charge in [0.25, 0.3) is 0 Å². The summed E-state index contributed by atoms with van der Waals surface area (Å²) in [5.74, 6) is -3.06. The zero-order chi connectivity index (χ0) is 14.2. The van der Waals surface area contributed by atoms with Gasteiger partial charge >= 0.3 is 12.1 Å². The molecule has 0 unspecified atom stereocenters. The summed E-state index contributed by atoms with van der Waals surface area (Å²) in [7, 11) is 0. The first kappa shape index (κ1) is 13.0. The minimum absolute atomic E-state index is 0.243. The molecular weight excluding hydrogens is 270 g/mol. The highest BCUT2D eigenvalue weighted by atomic mass is 19.4. The van der Waals surface area contributed by atoms with Crippen LogP contribution < -0.4 is 0 Å². The van der Waals surface area contributed by atoms with Crippen molar-refractivity contribution in [3.05, 3.63) is 41.6 Å². The van der Waals surface area contributed by atoms with Gasteiger partial charge in [-0.25, -0.2) is 18.9 Å². The number of rotatable bonds is 2. The summed E-state index contributed by atoms with van der Waals surface area (Å²) in [6.07, 6.45) is -3.47. The lowest BCUT2D eigenvalue weighted by molar-refractivity contribution is -0.143. The summed E-state index contributed by atoms with van der Waals surface area (Å²) >= 11 is 0. The van der Waals surface area contributed by atoms with Gasteiger partial charge in [-0.3, -0.25) is 0 Å². The lowest BCUT2D eigenvalue weighted by Gasteiger charge is -2.10. The lowest BCUT2D eigenvalue weighted by atomic mass is 10.2. The van der Waals surface area contributed by atoms with Crippen LogP contribution in [-0.4, -0.2) is 25.8 Å². The van der Waals surface area contributed by atoms with Crippen molar-refractivity contribution < 1.29 is 27.5 Å². The van der Waals surface area contributed by atoms with Crippen molar-refractivity contribution in [3.63, 3.8) is 0 Å². The van der Waals surface area contributed by atoms with Crippen LogP contribution in [0.25, 0.3) is 5.82 Å². The number of nitrogens with zero attached hydrogens (tertiary/aromatic N) is 3. The molecule has 2 rings (SSSR count). The maximum atomic E-state index is 13.0. The standard InChI is InChI=1S/C10H5F4N3O2/c11-5-1-2-15-7(3-5)17-8(10(12,13)14)6(4-16-17)9(18)19/h1-4H,(H,18,19). The van der Waals surface area contributed by atoms with Gasteiger partial charge in [0.2, 0.25) is 0 Å². The maximum Gasteiger partial charge on any atom is 0.434 e. The third-order valence-electron chi connectivity index (χ3n) is 2.19. The van der Waals surface area contributed by atoms with E-state index in [1.165, 1.54) is 0 Å². The molecule has 0 saturated heterocycles. The number of pyridine rings is 1. The predicted molar refractivity (Wildman–Crippen MR) is 53.3 cm³/mol. The van der Waals surface area contributed by atoms with E-state index >= 15 is 0 Å². The van der Waals surface area contributed by atoms with E-state index in [0.29, 0.717) is 12.3 Å². The second-order valence-electron chi connectivity index (χ2n) is 3.45. The van der Waals surface area contributed by atoms with E-state index in [4.69, 9.17) is 5.11 Å². The molecule has 100 valence electrons. The van der Waals surface area contributed by atoms with Crippen molar-refractivity contribution in [1.82, 2.24) is 14.8 Å². The zero-order valence-corrected chi connectivity index (χ0v) is 9.02.